The number of ether oxygens (including phenoxy) is 2. The molecular weight excluding hydrogens is 288 g/mol. The van der Waals surface area contributed by atoms with Gasteiger partial charge in [-0.1, -0.05) is 0 Å². The molecule has 1 saturated carbocycles. The molecule has 1 aliphatic heterocycles. The van der Waals surface area contributed by atoms with Gasteiger partial charge in [0, 0.05) is 18.3 Å². The molecule has 1 aromatic rings. The minimum atomic E-state index is -0.144. The van der Waals surface area contributed by atoms with E-state index in [1.165, 1.54) is 19.3 Å². The predicted octanol–water partition coefficient (Wildman–Crippen LogP) is 2.40. The molecule has 6 heteroatoms. The maximum absolute atomic E-state index is 11.4. The number of hydrogen-bond acceptors (Lipinski definition) is 6. The summed E-state index contributed by atoms with van der Waals surface area (Å²) in [5.74, 6) is -0.144. The fourth-order valence-electron chi connectivity index (χ4n) is 3.17. The molecule has 1 aliphatic carbocycles. The Bertz CT molecular complexity index is 491. The molecule has 1 aromatic heterocycles. The van der Waals surface area contributed by atoms with Crippen molar-refractivity contribution in [3.63, 3.8) is 0 Å². The third kappa shape index (κ3) is 3.37. The van der Waals surface area contributed by atoms with Crippen molar-refractivity contribution in [1.82, 2.24) is 4.98 Å². The first-order chi connectivity index (χ1) is 10.3. The largest absolute Gasteiger partial charge is 0.466 e. The zero-order chi connectivity index (χ0) is 14.7. The summed E-state index contributed by atoms with van der Waals surface area (Å²) in [4.78, 5) is 18.5. The van der Waals surface area contributed by atoms with E-state index in [1.54, 1.807) is 11.3 Å². The number of aryl methyl sites for hydroxylation is 1. The zero-order valence-corrected chi connectivity index (χ0v) is 13.2. The van der Waals surface area contributed by atoms with Gasteiger partial charge < -0.3 is 14.4 Å². The van der Waals surface area contributed by atoms with Crippen LogP contribution in [0.5, 0.6) is 0 Å². The molecule has 0 amide bonds. The number of rotatable bonds is 5. The van der Waals surface area contributed by atoms with Crippen LogP contribution < -0.4 is 4.90 Å². The Hall–Kier alpha value is -1.14. The maximum Gasteiger partial charge on any atom is 0.306 e. The number of anilines is 1. The average molecular weight is 310 g/mol. The molecule has 0 bridgehead atoms. The van der Waals surface area contributed by atoms with Crippen molar-refractivity contribution in [2.45, 2.75) is 51.2 Å². The number of hydrogen-bond donors (Lipinski definition) is 0. The van der Waals surface area contributed by atoms with Crippen LogP contribution in [0.1, 0.15) is 38.3 Å². The highest BCUT2D eigenvalue weighted by molar-refractivity contribution is 7.13. The maximum atomic E-state index is 11.4. The normalized spacial score (nSPS) is 24.9. The van der Waals surface area contributed by atoms with Gasteiger partial charge in [-0.15, -0.1) is 11.3 Å². The van der Waals surface area contributed by atoms with Gasteiger partial charge >= 0.3 is 5.97 Å². The first kappa shape index (κ1) is 14.8. The van der Waals surface area contributed by atoms with E-state index < -0.39 is 0 Å². The molecule has 1 saturated heterocycles. The highest BCUT2D eigenvalue weighted by Crippen LogP contribution is 2.34. The first-order valence-electron chi connectivity index (χ1n) is 7.76. The monoisotopic (exact) mass is 310 g/mol. The van der Waals surface area contributed by atoms with Crippen molar-refractivity contribution in [3.8, 4) is 0 Å². The summed E-state index contributed by atoms with van der Waals surface area (Å²) in [7, 11) is 0. The molecule has 2 aliphatic rings. The Labute approximate surface area is 129 Å². The Balaban J connectivity index is 1.60. The summed E-state index contributed by atoms with van der Waals surface area (Å²) in [6, 6.07) is 0.489. The van der Waals surface area contributed by atoms with Gasteiger partial charge in [-0.2, -0.15) is 0 Å². The molecule has 0 spiro atoms. The first-order valence-corrected chi connectivity index (χ1v) is 8.64. The molecule has 5 nitrogen and oxygen atoms in total. The fraction of sp³-hybridized carbons (Fsp3) is 0.733. The summed E-state index contributed by atoms with van der Waals surface area (Å²) >= 11 is 1.68. The van der Waals surface area contributed by atoms with Crippen molar-refractivity contribution in [2.75, 3.05) is 24.7 Å². The molecule has 116 valence electrons. The number of esters is 1. The van der Waals surface area contributed by atoms with E-state index in [-0.39, 0.29) is 5.97 Å². The number of fused-ring (bicyclic) bond motifs is 1. The third-order valence-electron chi connectivity index (χ3n) is 4.16. The minimum absolute atomic E-state index is 0.144. The molecular formula is C15H22N2O3S. The topological polar surface area (TPSA) is 51.7 Å². The lowest BCUT2D eigenvalue weighted by molar-refractivity contribution is -0.143. The minimum Gasteiger partial charge on any atom is -0.466 e. The van der Waals surface area contributed by atoms with E-state index >= 15 is 0 Å². The molecule has 3 rings (SSSR count). The molecule has 2 fully saturated rings. The molecule has 2 unspecified atom stereocenters. The Kier molecular flexibility index (Phi) is 4.75. The van der Waals surface area contributed by atoms with Gasteiger partial charge in [-0.3, -0.25) is 4.79 Å². The van der Waals surface area contributed by atoms with Gasteiger partial charge in [-0.25, -0.2) is 4.98 Å². The average Bonchev–Trinajstić information content (AvgIpc) is 3.14. The Morgan fingerprint density at radius 2 is 2.48 bits per heavy atom. The van der Waals surface area contributed by atoms with Gasteiger partial charge in [0.1, 0.15) is 0 Å². The van der Waals surface area contributed by atoms with Crippen molar-refractivity contribution in [3.05, 3.63) is 11.1 Å². The van der Waals surface area contributed by atoms with Crippen LogP contribution in [0.3, 0.4) is 0 Å². The van der Waals surface area contributed by atoms with E-state index in [2.05, 4.69) is 10.3 Å². The Morgan fingerprint density at radius 3 is 3.33 bits per heavy atom. The smallest absolute Gasteiger partial charge is 0.306 e. The van der Waals surface area contributed by atoms with Crippen LogP contribution in [-0.2, 0) is 20.7 Å². The van der Waals surface area contributed by atoms with Crippen LogP contribution in [0, 0.1) is 0 Å². The number of thiazole rings is 1. The van der Waals surface area contributed by atoms with Crippen molar-refractivity contribution in [2.24, 2.45) is 0 Å². The van der Waals surface area contributed by atoms with Crippen LogP contribution in [-0.4, -0.2) is 42.9 Å². The SMILES string of the molecule is CCOC(=O)CCc1csc(N2CCOC3CCCC32)n1. The van der Waals surface area contributed by atoms with E-state index in [1.807, 2.05) is 6.92 Å². The van der Waals surface area contributed by atoms with E-state index in [4.69, 9.17) is 14.5 Å². The van der Waals surface area contributed by atoms with Crippen LogP contribution >= 0.6 is 11.3 Å². The summed E-state index contributed by atoms with van der Waals surface area (Å²) in [6.45, 7) is 3.98. The molecule has 21 heavy (non-hydrogen) atoms. The van der Waals surface area contributed by atoms with Crippen molar-refractivity contribution >= 4 is 22.4 Å². The standard InChI is InChI=1S/C15H22N2O3S/c1-2-19-14(18)7-6-11-10-21-15(16-11)17-8-9-20-13-5-3-4-12(13)17/h10,12-13H,2-9H2,1H3. The lowest BCUT2D eigenvalue weighted by atomic mass is 10.1. The number of morpholine rings is 1. The van der Waals surface area contributed by atoms with E-state index in [9.17, 15) is 4.79 Å². The number of nitrogens with zero attached hydrogens (tertiary/aromatic N) is 2. The second-order valence-electron chi connectivity index (χ2n) is 5.53. The number of carbonyl (C=O) groups is 1. The molecule has 2 atom stereocenters. The summed E-state index contributed by atoms with van der Waals surface area (Å²) < 4.78 is 10.8. The van der Waals surface area contributed by atoms with Crippen LogP contribution in [0.4, 0.5) is 5.13 Å². The fourth-order valence-corrected chi connectivity index (χ4v) is 4.11. The second kappa shape index (κ2) is 6.75. The zero-order valence-electron chi connectivity index (χ0n) is 12.4. The van der Waals surface area contributed by atoms with Gasteiger partial charge in [-0.05, 0) is 26.2 Å². The highest BCUT2D eigenvalue weighted by atomic mass is 32.1. The van der Waals surface area contributed by atoms with Gasteiger partial charge in [0.05, 0.1) is 37.5 Å². The lowest BCUT2D eigenvalue weighted by Gasteiger charge is -2.37. The molecule has 0 N–H and O–H groups in total. The third-order valence-corrected chi connectivity index (χ3v) is 5.08. The van der Waals surface area contributed by atoms with Crippen LogP contribution in [0.2, 0.25) is 0 Å². The van der Waals surface area contributed by atoms with Crippen molar-refractivity contribution < 1.29 is 14.3 Å². The van der Waals surface area contributed by atoms with Gasteiger partial charge in [0.15, 0.2) is 5.13 Å². The van der Waals surface area contributed by atoms with E-state index in [0.29, 0.717) is 31.6 Å². The lowest BCUT2D eigenvalue weighted by Crippen LogP contribution is -2.48. The quantitative estimate of drug-likeness (QED) is 0.782. The number of carbonyl (C=O) groups excluding carboxylic acids is 1. The number of aromatic nitrogens is 1. The molecule has 0 radical (unpaired) electrons. The van der Waals surface area contributed by atoms with Crippen molar-refractivity contribution in [1.29, 1.82) is 0 Å². The predicted molar refractivity (Wildman–Crippen MR) is 81.8 cm³/mol. The van der Waals surface area contributed by atoms with E-state index in [0.717, 1.165) is 24.0 Å². The van der Waals surface area contributed by atoms with Crippen LogP contribution in [0.15, 0.2) is 5.38 Å². The summed E-state index contributed by atoms with van der Waals surface area (Å²) in [5, 5.41) is 3.14. The summed E-state index contributed by atoms with van der Waals surface area (Å²) in [6.07, 6.45) is 5.06. The molecule has 0 aromatic carbocycles. The van der Waals surface area contributed by atoms with Crippen LogP contribution in [0.25, 0.3) is 0 Å². The summed E-state index contributed by atoms with van der Waals surface area (Å²) in [5.41, 5.74) is 0.990. The molecule has 2 heterocycles. The van der Waals surface area contributed by atoms with Gasteiger partial charge in [0.25, 0.3) is 0 Å². The Morgan fingerprint density at radius 1 is 1.57 bits per heavy atom. The van der Waals surface area contributed by atoms with Gasteiger partial charge in [0.2, 0.25) is 0 Å². The second-order valence-corrected chi connectivity index (χ2v) is 6.36. The highest BCUT2D eigenvalue weighted by Gasteiger charge is 2.37.